The second kappa shape index (κ2) is 11.0. The maximum atomic E-state index is 4.92. The van der Waals surface area contributed by atoms with Crippen LogP contribution in [0.3, 0.4) is 0 Å². The monoisotopic (exact) mass is 295 g/mol. The first-order valence-electron chi connectivity index (χ1n) is 0.893. The number of alkyl halides is 2. The van der Waals surface area contributed by atoms with Crippen LogP contribution in [-0.4, -0.2) is 5.34 Å². The van der Waals surface area contributed by atoms with Crippen LogP contribution in [0.25, 0.3) is 0 Å². The number of rotatable bonds is 0. The first kappa shape index (κ1) is 11.9. The van der Waals surface area contributed by atoms with Gasteiger partial charge in [-0.25, -0.2) is 0 Å². The van der Waals surface area contributed by atoms with Gasteiger partial charge < -0.3 is 0 Å². The minimum absolute atomic E-state index is 0.194. The van der Waals surface area contributed by atoms with Crippen molar-refractivity contribution in [2.45, 2.75) is 0 Å². The Morgan fingerprint density at radius 2 is 1.00 bits per heavy atom. The molecule has 0 fully saturated rings. The van der Waals surface area contributed by atoms with Gasteiger partial charge in [-0.05, 0) is 0 Å². The molecule has 0 radical (unpaired) electrons. The summed E-state index contributed by atoms with van der Waals surface area (Å²) in [5, 5.41) is 0.194. The molecule has 51 valence electrons. The molecule has 7 heavy (non-hydrogen) atoms. The number of hydrogen-bond acceptors (Lipinski definition) is 0. The predicted molar refractivity (Wildman–Crippen MR) is 34.1 cm³/mol. The van der Waals surface area contributed by atoms with Gasteiger partial charge in [0.25, 0.3) is 0 Å². The molecule has 0 bridgehead atoms. The third-order valence-corrected chi connectivity index (χ3v) is 0. The van der Waals surface area contributed by atoms with E-state index < -0.39 is 13.7 Å². The third-order valence-electron chi connectivity index (χ3n) is 0. The summed E-state index contributed by atoms with van der Waals surface area (Å²) in [7, 11) is 14.8. The molecule has 0 heterocycles. The second-order valence-electron chi connectivity index (χ2n) is 0.237. The van der Waals surface area contributed by atoms with Gasteiger partial charge in [0.2, 0.25) is 0 Å². The predicted octanol–water partition coefficient (Wildman–Crippen LogP) is 3.49. The van der Waals surface area contributed by atoms with E-state index in [1.807, 2.05) is 0 Å². The van der Waals surface area contributed by atoms with Gasteiger partial charge in [-0.2, -0.15) is 0 Å². The molecular weight excluding hydrogens is 296 g/mol. The van der Waals surface area contributed by atoms with Gasteiger partial charge in [0.1, 0.15) is 0 Å². The van der Waals surface area contributed by atoms with E-state index in [0.717, 1.165) is 0 Å². The molecular formula is CH2Cl5Pd. The number of hydrogen-bond donors (Lipinski definition) is 0. The summed E-state index contributed by atoms with van der Waals surface area (Å²) in [5.41, 5.74) is 0. The van der Waals surface area contributed by atoms with Crippen LogP contribution in [0.2, 0.25) is 0 Å². The topological polar surface area (TPSA) is 0 Å². The third kappa shape index (κ3) is 67.9. The Hall–Kier alpha value is 2.11. The van der Waals surface area contributed by atoms with Gasteiger partial charge in [0.15, 0.2) is 0 Å². The molecule has 0 atom stereocenters. The Kier molecular flexibility index (Phi) is 18.6. The van der Waals surface area contributed by atoms with E-state index in [1.54, 1.807) is 0 Å². The van der Waals surface area contributed by atoms with Crippen LogP contribution in [0.1, 0.15) is 0 Å². The van der Waals surface area contributed by atoms with E-state index in [2.05, 4.69) is 0 Å². The minimum atomic E-state index is -1.57. The summed E-state index contributed by atoms with van der Waals surface area (Å²) in [6.07, 6.45) is 0. The summed E-state index contributed by atoms with van der Waals surface area (Å²) >= 11 is 7.96. The summed E-state index contributed by atoms with van der Waals surface area (Å²) in [5.74, 6) is 0. The fourth-order valence-corrected chi connectivity index (χ4v) is 0. The Labute approximate surface area is 70.2 Å². The van der Waals surface area contributed by atoms with Crippen LogP contribution in [0.15, 0.2) is 0 Å². The number of halogens is 5. The van der Waals surface area contributed by atoms with Crippen molar-refractivity contribution in [2.24, 2.45) is 0 Å². The SMILES string of the molecule is ClCCl.[Cl][Pd]([Cl])[Cl]. The van der Waals surface area contributed by atoms with E-state index in [4.69, 9.17) is 51.8 Å². The molecule has 0 nitrogen and oxygen atoms in total. The van der Waals surface area contributed by atoms with Crippen LogP contribution < -0.4 is 0 Å². The molecule has 6 heteroatoms. The van der Waals surface area contributed by atoms with E-state index in [-0.39, 0.29) is 5.34 Å². The van der Waals surface area contributed by atoms with Crippen molar-refractivity contribution in [3.8, 4) is 0 Å². The van der Waals surface area contributed by atoms with Crippen LogP contribution in [0.5, 0.6) is 0 Å². The van der Waals surface area contributed by atoms with Crippen molar-refractivity contribution in [1.82, 2.24) is 0 Å². The first-order chi connectivity index (χ1) is 3.15. The van der Waals surface area contributed by atoms with Crippen LogP contribution in [0, 0.1) is 0 Å². The van der Waals surface area contributed by atoms with Crippen LogP contribution >= 0.6 is 51.8 Å². The second-order valence-corrected chi connectivity index (χ2v) is 8.13. The summed E-state index contributed by atoms with van der Waals surface area (Å²) < 4.78 is 0. The molecule has 0 aromatic carbocycles. The molecule has 0 aliphatic heterocycles. The zero-order chi connectivity index (χ0) is 6.28. The average molecular weight is 298 g/mol. The molecule has 0 saturated heterocycles. The van der Waals surface area contributed by atoms with E-state index in [0.29, 0.717) is 0 Å². The first-order valence-corrected chi connectivity index (χ1v) is 7.97. The van der Waals surface area contributed by atoms with E-state index in [9.17, 15) is 0 Å². The van der Waals surface area contributed by atoms with Gasteiger partial charge in [0, 0.05) is 0 Å². The van der Waals surface area contributed by atoms with Crippen LogP contribution in [-0.2, 0) is 13.7 Å². The fraction of sp³-hybridized carbons (Fsp3) is 1.00. The molecule has 0 unspecified atom stereocenters. The van der Waals surface area contributed by atoms with E-state index in [1.165, 1.54) is 0 Å². The summed E-state index contributed by atoms with van der Waals surface area (Å²) in [6.45, 7) is 0. The molecule has 0 N–H and O–H groups in total. The molecule has 0 amide bonds. The molecule has 0 rings (SSSR count). The molecule has 0 aliphatic rings. The van der Waals surface area contributed by atoms with Crippen molar-refractivity contribution < 1.29 is 13.7 Å². The van der Waals surface area contributed by atoms with Crippen molar-refractivity contribution in [3.05, 3.63) is 0 Å². The maximum absolute atomic E-state index is 4.92. The van der Waals surface area contributed by atoms with Crippen molar-refractivity contribution in [1.29, 1.82) is 0 Å². The summed E-state index contributed by atoms with van der Waals surface area (Å²) in [6, 6.07) is 0. The molecule has 0 aromatic heterocycles. The molecule has 0 spiro atoms. The van der Waals surface area contributed by atoms with Crippen LogP contribution in [0.4, 0.5) is 0 Å². The zero-order valence-corrected chi connectivity index (χ0v) is 8.25. The molecule has 0 aliphatic carbocycles. The van der Waals surface area contributed by atoms with Crippen molar-refractivity contribution in [2.75, 3.05) is 5.34 Å². The van der Waals surface area contributed by atoms with Crippen molar-refractivity contribution in [3.63, 3.8) is 0 Å². The quantitative estimate of drug-likeness (QED) is 0.474. The van der Waals surface area contributed by atoms with Gasteiger partial charge in [-0.1, -0.05) is 0 Å². The standard InChI is InChI=1S/CH2Cl2.3ClH.Pd/c2-1-3;;;;/h1H2;3*1H;/q;;;;+3/p-3. The van der Waals surface area contributed by atoms with E-state index >= 15 is 0 Å². The Balaban J connectivity index is 0. The van der Waals surface area contributed by atoms with Gasteiger partial charge in [-0.15, -0.1) is 23.2 Å². The molecule has 0 aromatic rings. The summed E-state index contributed by atoms with van der Waals surface area (Å²) in [4.78, 5) is 0. The Morgan fingerprint density at radius 1 is 1.00 bits per heavy atom. The zero-order valence-electron chi connectivity index (χ0n) is 2.91. The average Bonchev–Trinajstić information content (AvgIpc) is 1.33. The van der Waals surface area contributed by atoms with Gasteiger partial charge in [-0.3, -0.25) is 0 Å². The molecule has 0 saturated carbocycles. The van der Waals surface area contributed by atoms with Gasteiger partial charge >= 0.3 is 42.3 Å². The van der Waals surface area contributed by atoms with Crippen molar-refractivity contribution >= 4 is 51.8 Å². The van der Waals surface area contributed by atoms with Gasteiger partial charge in [0.05, 0.1) is 5.34 Å². The Morgan fingerprint density at radius 3 is 1.00 bits per heavy atom. The fourth-order valence-electron chi connectivity index (χ4n) is 0. The normalized spacial score (nSPS) is 9.00. The Bertz CT molecular complexity index is 19.3.